The molecule has 1 fully saturated rings. The van der Waals surface area contributed by atoms with Gasteiger partial charge in [-0.1, -0.05) is 35.9 Å². The molecular formula is C23H28N2S. The highest BCUT2D eigenvalue weighted by Crippen LogP contribution is 2.50. The third kappa shape index (κ3) is 2.76. The summed E-state index contributed by atoms with van der Waals surface area (Å²) in [5, 5.41) is 0. The molecule has 0 N–H and O–H groups in total. The molecule has 2 aromatic rings. The van der Waals surface area contributed by atoms with Gasteiger partial charge in [-0.05, 0) is 55.2 Å². The van der Waals surface area contributed by atoms with Crippen LogP contribution in [-0.2, 0) is 6.54 Å². The Hall–Kier alpha value is -1.45. The zero-order chi connectivity index (χ0) is 17.7. The fraction of sp³-hybridized carbons (Fsp3) is 0.478. The third-order valence-electron chi connectivity index (χ3n) is 6.47. The standard InChI is InChI=1S/C23H28N2S/c1-16-7-8-18(17(2)13-16)14-24-11-9-21-20(15-24)19-5-3-6-22-23(19)25(21)10-4-12-26-22/h3,5-8,13,20-21H,4,9-12,14-15H2,1-2H3. The number of piperidine rings is 1. The molecule has 2 atom stereocenters. The van der Waals surface area contributed by atoms with E-state index < -0.39 is 0 Å². The van der Waals surface area contributed by atoms with Crippen molar-refractivity contribution in [3.8, 4) is 0 Å². The Balaban J connectivity index is 1.41. The Morgan fingerprint density at radius 1 is 1.12 bits per heavy atom. The van der Waals surface area contributed by atoms with Gasteiger partial charge < -0.3 is 4.90 Å². The van der Waals surface area contributed by atoms with Crippen molar-refractivity contribution in [2.24, 2.45) is 0 Å². The number of likely N-dealkylation sites (tertiary alicyclic amines) is 1. The van der Waals surface area contributed by atoms with Crippen LogP contribution in [0, 0.1) is 13.8 Å². The summed E-state index contributed by atoms with van der Waals surface area (Å²) in [6, 6.07) is 14.7. The number of thioether (sulfide) groups is 1. The molecule has 0 spiro atoms. The van der Waals surface area contributed by atoms with Crippen molar-refractivity contribution in [2.45, 2.75) is 50.1 Å². The second kappa shape index (κ2) is 6.61. The summed E-state index contributed by atoms with van der Waals surface area (Å²) < 4.78 is 0. The molecule has 3 heteroatoms. The zero-order valence-electron chi connectivity index (χ0n) is 15.9. The molecule has 1 saturated heterocycles. The first-order valence-electron chi connectivity index (χ1n) is 10.0. The third-order valence-corrected chi connectivity index (χ3v) is 7.60. The van der Waals surface area contributed by atoms with Crippen LogP contribution in [0.25, 0.3) is 0 Å². The number of aryl methyl sites for hydroxylation is 2. The predicted molar refractivity (Wildman–Crippen MR) is 111 cm³/mol. The Bertz CT molecular complexity index is 831. The van der Waals surface area contributed by atoms with E-state index in [0.717, 1.165) is 12.6 Å². The molecule has 0 amide bonds. The van der Waals surface area contributed by atoms with E-state index in [-0.39, 0.29) is 0 Å². The molecule has 3 heterocycles. The van der Waals surface area contributed by atoms with Gasteiger partial charge in [-0.2, -0.15) is 0 Å². The minimum atomic E-state index is 0.683. The van der Waals surface area contributed by atoms with Gasteiger partial charge in [0.15, 0.2) is 0 Å². The highest BCUT2D eigenvalue weighted by molar-refractivity contribution is 7.99. The minimum Gasteiger partial charge on any atom is -0.367 e. The smallest absolute Gasteiger partial charge is 0.0543 e. The monoisotopic (exact) mass is 364 g/mol. The number of anilines is 1. The fourth-order valence-electron chi connectivity index (χ4n) is 5.22. The lowest BCUT2D eigenvalue weighted by Gasteiger charge is -2.39. The molecule has 136 valence electrons. The van der Waals surface area contributed by atoms with Crippen LogP contribution in [0.4, 0.5) is 5.69 Å². The highest BCUT2D eigenvalue weighted by Gasteiger charge is 2.43. The number of nitrogens with zero attached hydrogens (tertiary/aromatic N) is 2. The normalized spacial score (nSPS) is 24.9. The van der Waals surface area contributed by atoms with Crippen molar-refractivity contribution >= 4 is 17.4 Å². The van der Waals surface area contributed by atoms with Gasteiger partial charge in [0.2, 0.25) is 0 Å². The molecule has 5 rings (SSSR count). The number of para-hydroxylation sites is 1. The molecule has 0 aromatic heterocycles. The lowest BCUT2D eigenvalue weighted by atomic mass is 9.88. The number of hydrogen-bond acceptors (Lipinski definition) is 3. The highest BCUT2D eigenvalue weighted by atomic mass is 32.2. The Labute approximate surface area is 161 Å². The lowest BCUT2D eigenvalue weighted by Crippen LogP contribution is -2.46. The summed E-state index contributed by atoms with van der Waals surface area (Å²) in [6.45, 7) is 9.22. The van der Waals surface area contributed by atoms with E-state index in [1.807, 2.05) is 0 Å². The SMILES string of the molecule is Cc1ccc(CN2CCC3C(C2)c2cccc4c2N3CCCS4)c(C)c1. The van der Waals surface area contributed by atoms with E-state index in [4.69, 9.17) is 0 Å². The predicted octanol–water partition coefficient (Wildman–Crippen LogP) is 4.98. The number of rotatable bonds is 2. The maximum Gasteiger partial charge on any atom is 0.0543 e. The number of benzene rings is 2. The molecule has 26 heavy (non-hydrogen) atoms. The maximum atomic E-state index is 2.77. The van der Waals surface area contributed by atoms with Crippen LogP contribution in [-0.4, -0.2) is 36.3 Å². The fourth-order valence-corrected chi connectivity index (χ4v) is 6.26. The van der Waals surface area contributed by atoms with Crippen LogP contribution in [0.2, 0.25) is 0 Å². The molecule has 0 bridgehead atoms. The van der Waals surface area contributed by atoms with E-state index in [1.165, 1.54) is 59.8 Å². The van der Waals surface area contributed by atoms with E-state index >= 15 is 0 Å². The van der Waals surface area contributed by atoms with Crippen molar-refractivity contribution in [3.05, 3.63) is 58.7 Å². The number of fused-ring (bicyclic) bond motifs is 3. The molecule has 3 aliphatic rings. The molecule has 0 aliphatic carbocycles. The summed E-state index contributed by atoms with van der Waals surface area (Å²) in [5.74, 6) is 1.95. The first-order valence-corrected chi connectivity index (χ1v) is 11.0. The quantitative estimate of drug-likeness (QED) is 0.742. The van der Waals surface area contributed by atoms with Crippen LogP contribution < -0.4 is 4.90 Å². The first-order chi connectivity index (χ1) is 12.7. The van der Waals surface area contributed by atoms with Gasteiger partial charge in [-0.25, -0.2) is 0 Å². The van der Waals surface area contributed by atoms with Gasteiger partial charge in [0, 0.05) is 43.0 Å². The Morgan fingerprint density at radius 3 is 2.92 bits per heavy atom. The number of hydrogen-bond donors (Lipinski definition) is 0. The van der Waals surface area contributed by atoms with Crippen LogP contribution in [0.5, 0.6) is 0 Å². The van der Waals surface area contributed by atoms with E-state index in [1.54, 1.807) is 11.3 Å². The minimum absolute atomic E-state index is 0.683. The molecule has 0 saturated carbocycles. The van der Waals surface area contributed by atoms with Crippen molar-refractivity contribution in [2.75, 3.05) is 30.3 Å². The van der Waals surface area contributed by atoms with Crippen LogP contribution in [0.1, 0.15) is 41.0 Å². The molecule has 0 radical (unpaired) electrons. The largest absolute Gasteiger partial charge is 0.367 e. The summed E-state index contributed by atoms with van der Waals surface area (Å²) in [5.41, 5.74) is 7.50. The van der Waals surface area contributed by atoms with Crippen molar-refractivity contribution in [3.63, 3.8) is 0 Å². The average molecular weight is 365 g/mol. The van der Waals surface area contributed by atoms with Crippen LogP contribution in [0.3, 0.4) is 0 Å². The first kappa shape index (κ1) is 16.7. The zero-order valence-corrected chi connectivity index (χ0v) is 16.7. The lowest BCUT2D eigenvalue weighted by molar-refractivity contribution is 0.186. The summed E-state index contributed by atoms with van der Waals surface area (Å²) in [7, 11) is 0. The molecule has 3 aliphatic heterocycles. The van der Waals surface area contributed by atoms with Crippen molar-refractivity contribution < 1.29 is 0 Å². The van der Waals surface area contributed by atoms with E-state index in [9.17, 15) is 0 Å². The molecule has 2 unspecified atom stereocenters. The van der Waals surface area contributed by atoms with Gasteiger partial charge in [0.1, 0.15) is 0 Å². The van der Waals surface area contributed by atoms with Gasteiger partial charge in [-0.3, -0.25) is 4.90 Å². The maximum absolute atomic E-state index is 2.77. The van der Waals surface area contributed by atoms with Crippen molar-refractivity contribution in [1.29, 1.82) is 0 Å². The van der Waals surface area contributed by atoms with Crippen molar-refractivity contribution in [1.82, 2.24) is 4.90 Å². The van der Waals surface area contributed by atoms with E-state index in [0.29, 0.717) is 5.92 Å². The van der Waals surface area contributed by atoms with Gasteiger partial charge in [0.25, 0.3) is 0 Å². The second-order valence-electron chi connectivity index (χ2n) is 8.22. The van der Waals surface area contributed by atoms with Gasteiger partial charge >= 0.3 is 0 Å². The summed E-state index contributed by atoms with van der Waals surface area (Å²) >= 11 is 2.06. The average Bonchev–Trinajstić information content (AvgIpc) is 2.80. The topological polar surface area (TPSA) is 6.48 Å². The Kier molecular flexibility index (Phi) is 4.25. The van der Waals surface area contributed by atoms with Gasteiger partial charge in [0.05, 0.1) is 5.69 Å². The van der Waals surface area contributed by atoms with E-state index in [2.05, 4.69) is 71.8 Å². The Morgan fingerprint density at radius 2 is 2.04 bits per heavy atom. The summed E-state index contributed by atoms with van der Waals surface area (Å²) in [4.78, 5) is 6.98. The molecule has 2 nitrogen and oxygen atoms in total. The molecule has 2 aromatic carbocycles. The van der Waals surface area contributed by atoms with Crippen LogP contribution in [0.15, 0.2) is 41.3 Å². The van der Waals surface area contributed by atoms with Gasteiger partial charge in [-0.15, -0.1) is 11.8 Å². The molecular weight excluding hydrogens is 336 g/mol. The summed E-state index contributed by atoms with van der Waals surface area (Å²) in [6.07, 6.45) is 2.61. The second-order valence-corrected chi connectivity index (χ2v) is 9.35. The van der Waals surface area contributed by atoms with Crippen LogP contribution >= 0.6 is 11.8 Å².